The van der Waals surface area contributed by atoms with Gasteiger partial charge in [0.15, 0.2) is 0 Å². The van der Waals surface area contributed by atoms with Crippen molar-refractivity contribution in [1.82, 2.24) is 0 Å². The van der Waals surface area contributed by atoms with Crippen LogP contribution in [0.15, 0.2) is 41.8 Å². The van der Waals surface area contributed by atoms with E-state index in [1.165, 1.54) is 10.4 Å². The zero-order valence-corrected chi connectivity index (χ0v) is 13.9. The van der Waals surface area contributed by atoms with Crippen LogP contribution in [0.3, 0.4) is 0 Å². The third kappa shape index (κ3) is 6.58. The van der Waals surface area contributed by atoms with E-state index in [4.69, 9.17) is 9.84 Å². The van der Waals surface area contributed by atoms with Crippen molar-refractivity contribution >= 4 is 11.3 Å². The molecule has 1 aromatic carbocycles. The van der Waals surface area contributed by atoms with Crippen LogP contribution in [0.5, 0.6) is 5.75 Å². The van der Waals surface area contributed by atoms with Gasteiger partial charge in [-0.05, 0) is 42.6 Å². The Morgan fingerprint density at radius 1 is 1.14 bits per heavy atom. The highest BCUT2D eigenvalue weighted by Gasteiger charge is 2.01. The lowest BCUT2D eigenvalue weighted by Gasteiger charge is -2.06. The first-order chi connectivity index (χ1) is 10.7. The molecule has 0 unspecified atom stereocenters. The number of hydrogen-bond donors (Lipinski definition) is 3. The predicted octanol–water partition coefficient (Wildman–Crippen LogP) is 0.335. The molecule has 2 aromatic rings. The fourth-order valence-electron chi connectivity index (χ4n) is 2.13. The second kappa shape index (κ2) is 9.58. The summed E-state index contributed by atoms with van der Waals surface area (Å²) in [6.45, 7) is 6.32. The lowest BCUT2D eigenvalue weighted by molar-refractivity contribution is -0.733. The molecule has 0 fully saturated rings. The van der Waals surface area contributed by atoms with E-state index in [0.717, 1.165) is 31.9 Å². The van der Waals surface area contributed by atoms with E-state index in [1.54, 1.807) is 11.3 Å². The molecule has 1 aromatic heterocycles. The van der Waals surface area contributed by atoms with Crippen LogP contribution in [-0.2, 0) is 13.2 Å². The van der Waals surface area contributed by atoms with Gasteiger partial charge in [-0.15, -0.1) is 11.3 Å². The van der Waals surface area contributed by atoms with Gasteiger partial charge in [0.25, 0.3) is 0 Å². The first kappa shape index (κ1) is 17.0. The summed E-state index contributed by atoms with van der Waals surface area (Å²) in [5.41, 5.74) is 1.30. The summed E-state index contributed by atoms with van der Waals surface area (Å²) in [6, 6.07) is 12.5. The molecule has 0 radical (unpaired) electrons. The number of quaternary nitrogens is 2. The molecule has 0 saturated carbocycles. The SMILES string of the molecule is C[C@H](O)C[NH2+]CC[NH2+]Cc1ccc(OCc2cccs2)cc1. The van der Waals surface area contributed by atoms with Gasteiger partial charge < -0.3 is 20.5 Å². The third-order valence-electron chi connectivity index (χ3n) is 3.35. The van der Waals surface area contributed by atoms with E-state index < -0.39 is 0 Å². The summed E-state index contributed by atoms with van der Waals surface area (Å²) in [6.07, 6.45) is -0.221. The van der Waals surface area contributed by atoms with E-state index in [0.29, 0.717) is 6.61 Å². The van der Waals surface area contributed by atoms with Gasteiger partial charge in [-0.25, -0.2) is 0 Å². The molecule has 0 bridgehead atoms. The standard InChI is InChI=1S/C17H24N2O2S/c1-14(20)11-18-8-9-19-12-15-4-6-16(7-5-15)21-13-17-3-2-10-22-17/h2-7,10,14,18-20H,8-9,11-13H2,1H3/p+2/t14-/m0/s1. The molecule has 0 spiro atoms. The van der Waals surface area contributed by atoms with Crippen LogP contribution >= 0.6 is 11.3 Å². The molecule has 0 saturated heterocycles. The van der Waals surface area contributed by atoms with E-state index in [9.17, 15) is 0 Å². The van der Waals surface area contributed by atoms with Crippen molar-refractivity contribution in [2.75, 3.05) is 19.6 Å². The Hall–Kier alpha value is -1.40. The molecule has 5 N–H and O–H groups in total. The van der Waals surface area contributed by atoms with E-state index >= 15 is 0 Å². The molecule has 5 heteroatoms. The molecule has 0 aliphatic rings. The van der Waals surface area contributed by atoms with Crippen LogP contribution in [0.4, 0.5) is 0 Å². The number of rotatable bonds is 10. The molecule has 2 rings (SSSR count). The number of aliphatic hydroxyl groups is 1. The number of benzene rings is 1. The summed E-state index contributed by atoms with van der Waals surface area (Å²) in [5.74, 6) is 0.919. The maximum Gasteiger partial charge on any atom is 0.125 e. The van der Waals surface area contributed by atoms with Gasteiger partial charge in [0, 0.05) is 10.4 Å². The fraction of sp³-hybridized carbons (Fsp3) is 0.412. The van der Waals surface area contributed by atoms with Gasteiger partial charge in [-0.1, -0.05) is 6.07 Å². The molecule has 1 atom stereocenters. The maximum atomic E-state index is 9.16. The van der Waals surface area contributed by atoms with Crippen molar-refractivity contribution in [3.8, 4) is 5.75 Å². The van der Waals surface area contributed by atoms with E-state index in [1.807, 2.05) is 25.1 Å². The van der Waals surface area contributed by atoms with Crippen LogP contribution in [0.25, 0.3) is 0 Å². The molecule has 0 aliphatic carbocycles. The lowest BCUT2D eigenvalue weighted by Crippen LogP contribution is -2.95. The zero-order chi connectivity index (χ0) is 15.6. The summed E-state index contributed by atoms with van der Waals surface area (Å²) >= 11 is 1.72. The topological polar surface area (TPSA) is 62.7 Å². The Kier molecular flexibility index (Phi) is 7.39. The average molecular weight is 322 g/mol. The van der Waals surface area contributed by atoms with Crippen LogP contribution in [0.2, 0.25) is 0 Å². The second-order valence-electron chi connectivity index (χ2n) is 5.46. The molecule has 0 amide bonds. The molecule has 22 heavy (non-hydrogen) atoms. The lowest BCUT2D eigenvalue weighted by atomic mass is 10.2. The number of aliphatic hydroxyl groups excluding tert-OH is 1. The smallest absolute Gasteiger partial charge is 0.125 e. The largest absolute Gasteiger partial charge is 0.488 e. The minimum atomic E-state index is -0.221. The second-order valence-corrected chi connectivity index (χ2v) is 6.49. The van der Waals surface area contributed by atoms with Gasteiger partial charge >= 0.3 is 0 Å². The van der Waals surface area contributed by atoms with Crippen LogP contribution in [-0.4, -0.2) is 30.8 Å². The Morgan fingerprint density at radius 2 is 1.91 bits per heavy atom. The number of ether oxygens (including phenoxy) is 1. The Labute approximate surface area is 136 Å². The van der Waals surface area contributed by atoms with Gasteiger partial charge in [0.1, 0.15) is 38.5 Å². The fourth-order valence-corrected chi connectivity index (χ4v) is 2.75. The Morgan fingerprint density at radius 3 is 2.59 bits per heavy atom. The quantitative estimate of drug-likeness (QED) is 0.552. The van der Waals surface area contributed by atoms with Crippen LogP contribution < -0.4 is 15.4 Å². The highest BCUT2D eigenvalue weighted by molar-refractivity contribution is 7.09. The van der Waals surface area contributed by atoms with E-state index in [-0.39, 0.29) is 6.10 Å². The van der Waals surface area contributed by atoms with Crippen LogP contribution in [0, 0.1) is 0 Å². The first-order valence-electron chi connectivity index (χ1n) is 7.79. The number of nitrogens with two attached hydrogens (primary N) is 2. The molecular weight excluding hydrogens is 296 g/mol. The summed E-state index contributed by atoms with van der Waals surface area (Å²) < 4.78 is 5.76. The maximum absolute atomic E-state index is 9.16. The predicted molar refractivity (Wildman–Crippen MR) is 88.9 cm³/mol. The van der Waals surface area contributed by atoms with Crippen molar-refractivity contribution in [2.24, 2.45) is 0 Å². The average Bonchev–Trinajstić information content (AvgIpc) is 3.03. The highest BCUT2D eigenvalue weighted by atomic mass is 32.1. The van der Waals surface area contributed by atoms with Crippen LogP contribution in [0.1, 0.15) is 17.4 Å². The number of thiophene rings is 1. The van der Waals surface area contributed by atoms with Crippen molar-refractivity contribution in [3.63, 3.8) is 0 Å². The Balaban J connectivity index is 1.62. The molecular formula is C17H26N2O2S+2. The zero-order valence-electron chi connectivity index (χ0n) is 13.1. The van der Waals surface area contributed by atoms with Crippen molar-refractivity contribution < 1.29 is 20.5 Å². The van der Waals surface area contributed by atoms with E-state index in [2.05, 4.69) is 34.2 Å². The first-order valence-corrected chi connectivity index (χ1v) is 8.67. The summed E-state index contributed by atoms with van der Waals surface area (Å²) in [5, 5.41) is 15.7. The summed E-state index contributed by atoms with van der Waals surface area (Å²) in [4.78, 5) is 1.24. The van der Waals surface area contributed by atoms with Gasteiger partial charge in [-0.2, -0.15) is 0 Å². The van der Waals surface area contributed by atoms with Crippen molar-refractivity contribution in [1.29, 1.82) is 0 Å². The minimum Gasteiger partial charge on any atom is -0.488 e. The Bertz CT molecular complexity index is 512. The molecule has 4 nitrogen and oxygen atoms in total. The van der Waals surface area contributed by atoms with Gasteiger partial charge in [0.05, 0.1) is 6.10 Å². The normalized spacial score (nSPS) is 12.3. The van der Waals surface area contributed by atoms with Gasteiger partial charge in [0.2, 0.25) is 0 Å². The minimum absolute atomic E-state index is 0.221. The third-order valence-corrected chi connectivity index (χ3v) is 4.20. The number of hydrogen-bond acceptors (Lipinski definition) is 3. The van der Waals surface area contributed by atoms with Crippen molar-refractivity contribution in [2.45, 2.75) is 26.2 Å². The van der Waals surface area contributed by atoms with Crippen molar-refractivity contribution in [3.05, 3.63) is 52.2 Å². The monoisotopic (exact) mass is 322 g/mol. The molecule has 0 aliphatic heterocycles. The molecule has 1 heterocycles. The summed E-state index contributed by atoms with van der Waals surface area (Å²) in [7, 11) is 0. The van der Waals surface area contributed by atoms with Gasteiger partial charge in [-0.3, -0.25) is 0 Å². The highest BCUT2D eigenvalue weighted by Crippen LogP contribution is 2.16. The molecule has 120 valence electrons.